The summed E-state index contributed by atoms with van der Waals surface area (Å²) in [4.78, 5) is 42.0. The van der Waals surface area contributed by atoms with Gasteiger partial charge in [-0.15, -0.1) is 0 Å². The molecule has 1 aliphatic rings. The van der Waals surface area contributed by atoms with Gasteiger partial charge in [0.15, 0.2) is 11.2 Å². The quantitative estimate of drug-likeness (QED) is 0.655. The van der Waals surface area contributed by atoms with E-state index in [9.17, 15) is 9.59 Å². The number of anilines is 1. The van der Waals surface area contributed by atoms with Gasteiger partial charge in [0.25, 0.3) is 5.56 Å². The highest BCUT2D eigenvalue weighted by atomic mass is 16.2. The molecule has 1 aliphatic heterocycles. The van der Waals surface area contributed by atoms with Crippen molar-refractivity contribution in [2.75, 3.05) is 18.0 Å². The first-order chi connectivity index (χ1) is 14.3. The van der Waals surface area contributed by atoms with Gasteiger partial charge in [0.2, 0.25) is 5.95 Å². The van der Waals surface area contributed by atoms with Gasteiger partial charge in [0, 0.05) is 44.1 Å². The third-order valence-electron chi connectivity index (χ3n) is 5.60. The maximum atomic E-state index is 13.4. The van der Waals surface area contributed by atoms with Crippen molar-refractivity contribution >= 4 is 17.1 Å². The summed E-state index contributed by atoms with van der Waals surface area (Å²) < 4.78 is 4.50. The van der Waals surface area contributed by atoms with Crippen molar-refractivity contribution in [3.63, 3.8) is 0 Å². The van der Waals surface area contributed by atoms with E-state index in [0.717, 1.165) is 30.8 Å². The van der Waals surface area contributed by atoms with Gasteiger partial charge < -0.3 is 15.2 Å². The van der Waals surface area contributed by atoms with Crippen molar-refractivity contribution in [2.24, 2.45) is 12.8 Å². The number of nitrogens with zero attached hydrogens (tertiary/aromatic N) is 7. The van der Waals surface area contributed by atoms with Crippen molar-refractivity contribution in [3.8, 4) is 0 Å². The summed E-state index contributed by atoms with van der Waals surface area (Å²) in [5.41, 5.74) is 7.74. The van der Waals surface area contributed by atoms with E-state index in [0.29, 0.717) is 36.0 Å². The molecule has 10 heteroatoms. The highest BCUT2D eigenvalue weighted by molar-refractivity contribution is 5.74. The lowest BCUT2D eigenvalue weighted by atomic mass is 10.1. The molecule has 0 bridgehead atoms. The first kappa shape index (κ1) is 20.3. The molecule has 0 radical (unpaired) electrons. The highest BCUT2D eigenvalue weighted by Crippen LogP contribution is 2.22. The van der Waals surface area contributed by atoms with E-state index in [-0.39, 0.29) is 18.1 Å². The maximum Gasteiger partial charge on any atom is 0.332 e. The van der Waals surface area contributed by atoms with E-state index in [2.05, 4.69) is 14.9 Å². The van der Waals surface area contributed by atoms with E-state index in [1.54, 1.807) is 7.05 Å². The Balaban J connectivity index is 1.89. The number of piperidine rings is 1. The van der Waals surface area contributed by atoms with Gasteiger partial charge in [-0.25, -0.2) is 14.8 Å². The van der Waals surface area contributed by atoms with Crippen LogP contribution in [0, 0.1) is 13.8 Å². The summed E-state index contributed by atoms with van der Waals surface area (Å²) in [6, 6.07) is 1.93. The fraction of sp³-hybridized carbons (Fsp3) is 0.550. The molecule has 0 aromatic carbocycles. The van der Waals surface area contributed by atoms with Gasteiger partial charge in [0.05, 0.1) is 6.54 Å². The van der Waals surface area contributed by atoms with Crippen LogP contribution in [0.4, 0.5) is 5.95 Å². The standard InChI is InChI=1S/C20H28N8O2/c1-5-27-16-17(24-19(27)26-8-6-7-14(21)10-26)25(4)20(30)28(18(16)29)11-15-22-12(2)9-13(3)23-15/h9,14H,5-8,10-11,21H2,1-4H3/t14-/m1/s1. The minimum absolute atomic E-state index is 0.0166. The first-order valence-electron chi connectivity index (χ1n) is 10.3. The van der Waals surface area contributed by atoms with E-state index < -0.39 is 5.69 Å². The number of rotatable bonds is 4. The number of fused-ring (bicyclic) bond motifs is 1. The summed E-state index contributed by atoms with van der Waals surface area (Å²) in [5.74, 6) is 1.13. The Morgan fingerprint density at radius 3 is 2.47 bits per heavy atom. The van der Waals surface area contributed by atoms with Crippen LogP contribution in [0.15, 0.2) is 15.7 Å². The molecule has 3 aromatic rings. The van der Waals surface area contributed by atoms with Crippen LogP contribution >= 0.6 is 0 Å². The monoisotopic (exact) mass is 412 g/mol. The number of hydrogen-bond acceptors (Lipinski definition) is 7. The predicted molar refractivity (Wildman–Crippen MR) is 115 cm³/mol. The summed E-state index contributed by atoms with van der Waals surface area (Å²) >= 11 is 0. The molecule has 1 atom stereocenters. The molecule has 0 unspecified atom stereocenters. The van der Waals surface area contributed by atoms with Crippen molar-refractivity contribution in [1.82, 2.24) is 28.7 Å². The predicted octanol–water partition coefficient (Wildman–Crippen LogP) is 0.299. The number of aryl methyl sites for hydroxylation is 4. The summed E-state index contributed by atoms with van der Waals surface area (Å²) in [6.45, 7) is 7.79. The summed E-state index contributed by atoms with van der Waals surface area (Å²) in [6.07, 6.45) is 1.95. The van der Waals surface area contributed by atoms with E-state index in [1.165, 1.54) is 9.13 Å². The molecule has 0 aliphatic carbocycles. The van der Waals surface area contributed by atoms with Gasteiger partial charge >= 0.3 is 5.69 Å². The Labute approximate surface area is 174 Å². The van der Waals surface area contributed by atoms with Crippen LogP contribution in [0.25, 0.3) is 11.2 Å². The lowest BCUT2D eigenvalue weighted by Gasteiger charge is -2.31. The Kier molecular flexibility index (Phi) is 5.19. The second-order valence-corrected chi connectivity index (χ2v) is 7.98. The smallest absolute Gasteiger partial charge is 0.332 e. The lowest BCUT2D eigenvalue weighted by Crippen LogP contribution is -2.44. The highest BCUT2D eigenvalue weighted by Gasteiger charge is 2.25. The molecule has 10 nitrogen and oxygen atoms in total. The van der Waals surface area contributed by atoms with Crippen LogP contribution in [-0.2, 0) is 20.1 Å². The molecule has 30 heavy (non-hydrogen) atoms. The van der Waals surface area contributed by atoms with E-state index in [4.69, 9.17) is 10.7 Å². The average molecular weight is 412 g/mol. The van der Waals surface area contributed by atoms with Crippen LogP contribution < -0.4 is 21.9 Å². The van der Waals surface area contributed by atoms with Gasteiger partial charge in [-0.2, -0.15) is 4.98 Å². The molecule has 4 heterocycles. The van der Waals surface area contributed by atoms with E-state index in [1.807, 2.05) is 31.4 Å². The Bertz CT molecular complexity index is 1200. The summed E-state index contributed by atoms with van der Waals surface area (Å²) in [7, 11) is 1.64. The minimum Gasteiger partial charge on any atom is -0.341 e. The molecule has 0 amide bonds. The topological polar surface area (TPSA) is 117 Å². The molecule has 2 N–H and O–H groups in total. The normalized spacial score (nSPS) is 17.1. The van der Waals surface area contributed by atoms with Crippen molar-refractivity contribution in [3.05, 3.63) is 44.1 Å². The van der Waals surface area contributed by atoms with Crippen LogP contribution in [0.2, 0.25) is 0 Å². The Hall–Kier alpha value is -3.01. The number of aromatic nitrogens is 6. The molecule has 0 spiro atoms. The van der Waals surface area contributed by atoms with Crippen molar-refractivity contribution in [1.29, 1.82) is 0 Å². The molecule has 3 aromatic heterocycles. The third-order valence-corrected chi connectivity index (χ3v) is 5.60. The van der Waals surface area contributed by atoms with Gasteiger partial charge in [-0.3, -0.25) is 13.9 Å². The summed E-state index contributed by atoms with van der Waals surface area (Å²) in [5, 5.41) is 0. The largest absolute Gasteiger partial charge is 0.341 e. The molecule has 0 saturated carbocycles. The fourth-order valence-electron chi connectivity index (χ4n) is 4.24. The number of hydrogen-bond donors (Lipinski definition) is 1. The minimum atomic E-state index is -0.432. The van der Waals surface area contributed by atoms with E-state index >= 15 is 0 Å². The number of nitrogens with two attached hydrogens (primary N) is 1. The maximum absolute atomic E-state index is 13.4. The fourth-order valence-corrected chi connectivity index (χ4v) is 4.24. The van der Waals surface area contributed by atoms with Crippen molar-refractivity contribution < 1.29 is 0 Å². The van der Waals surface area contributed by atoms with Crippen LogP contribution in [0.5, 0.6) is 0 Å². The Morgan fingerprint density at radius 1 is 1.13 bits per heavy atom. The molecule has 160 valence electrons. The average Bonchev–Trinajstić information content (AvgIpc) is 3.09. The van der Waals surface area contributed by atoms with Crippen LogP contribution in [0.3, 0.4) is 0 Å². The molecule has 4 rings (SSSR count). The number of imidazole rings is 1. The molecule has 1 saturated heterocycles. The zero-order chi connectivity index (χ0) is 21.6. The second-order valence-electron chi connectivity index (χ2n) is 7.98. The second kappa shape index (κ2) is 7.67. The molecular weight excluding hydrogens is 384 g/mol. The Morgan fingerprint density at radius 2 is 1.83 bits per heavy atom. The SMILES string of the molecule is CCn1c(N2CCC[C@@H](N)C2)nc2c1c(=O)n(Cc1nc(C)cc(C)n1)c(=O)n2C. The van der Waals surface area contributed by atoms with Gasteiger partial charge in [0.1, 0.15) is 5.82 Å². The van der Waals surface area contributed by atoms with Crippen LogP contribution in [0.1, 0.15) is 37.0 Å². The molecule has 1 fully saturated rings. The first-order valence-corrected chi connectivity index (χ1v) is 10.3. The molecular formula is C20H28N8O2. The zero-order valence-electron chi connectivity index (χ0n) is 17.9. The van der Waals surface area contributed by atoms with Crippen LogP contribution in [-0.4, -0.2) is 47.8 Å². The lowest BCUT2D eigenvalue weighted by molar-refractivity contribution is 0.494. The third kappa shape index (κ3) is 3.41. The van der Waals surface area contributed by atoms with Crippen molar-refractivity contribution in [2.45, 2.75) is 52.7 Å². The zero-order valence-corrected chi connectivity index (χ0v) is 17.9. The van der Waals surface area contributed by atoms with Gasteiger partial charge in [-0.1, -0.05) is 0 Å². The van der Waals surface area contributed by atoms with Gasteiger partial charge in [-0.05, 0) is 39.7 Å².